The highest BCUT2D eigenvalue weighted by Gasteiger charge is 2.25. The molecule has 1 aromatic rings. The first-order valence-corrected chi connectivity index (χ1v) is 6.83. The maximum absolute atomic E-state index is 12.8. The lowest BCUT2D eigenvalue weighted by molar-refractivity contribution is -0.152. The summed E-state index contributed by atoms with van der Waals surface area (Å²) in [5.41, 5.74) is 0.516. The molecule has 2 N–H and O–H groups in total. The molecule has 1 unspecified atom stereocenters. The first-order valence-electron chi connectivity index (χ1n) is 6.83. The lowest BCUT2D eigenvalue weighted by atomic mass is 10.3. The van der Waals surface area contributed by atoms with Crippen molar-refractivity contribution in [3.8, 4) is 0 Å². The van der Waals surface area contributed by atoms with Crippen LogP contribution in [0.25, 0.3) is 0 Å². The van der Waals surface area contributed by atoms with Gasteiger partial charge in [-0.25, -0.2) is 9.18 Å². The molecule has 6 nitrogen and oxygen atoms in total. The van der Waals surface area contributed by atoms with Gasteiger partial charge in [0.05, 0.1) is 6.54 Å². The van der Waals surface area contributed by atoms with Crippen molar-refractivity contribution in [3.05, 3.63) is 30.1 Å². The fourth-order valence-corrected chi connectivity index (χ4v) is 1.96. The molecule has 2 rings (SSSR count). The second-order valence-electron chi connectivity index (χ2n) is 4.67. The average molecular weight is 295 g/mol. The number of halogens is 1. The summed E-state index contributed by atoms with van der Waals surface area (Å²) in [6, 6.07) is 5.23. The minimum absolute atomic E-state index is 0.277. The van der Waals surface area contributed by atoms with Crippen molar-refractivity contribution in [1.29, 1.82) is 0 Å². The second kappa shape index (κ2) is 7.03. The van der Waals surface area contributed by atoms with Crippen LogP contribution < -0.4 is 10.6 Å². The van der Waals surface area contributed by atoms with E-state index < -0.39 is 6.23 Å². The van der Waals surface area contributed by atoms with E-state index in [-0.39, 0.29) is 24.4 Å². The molecule has 0 aromatic heterocycles. The predicted molar refractivity (Wildman–Crippen MR) is 75.2 cm³/mol. The Balaban J connectivity index is 1.89. The van der Waals surface area contributed by atoms with Crippen LogP contribution in [0.4, 0.5) is 14.9 Å². The molecule has 114 valence electrons. The number of carbonyl (C=O) groups is 2. The van der Waals surface area contributed by atoms with Crippen molar-refractivity contribution in [1.82, 2.24) is 10.2 Å². The number of benzene rings is 1. The number of piperazine rings is 1. The minimum Gasteiger partial charge on any atom is -0.445 e. The van der Waals surface area contributed by atoms with Gasteiger partial charge in [0, 0.05) is 25.2 Å². The zero-order valence-corrected chi connectivity index (χ0v) is 11.8. The number of rotatable bonds is 3. The Labute approximate surface area is 122 Å². The summed E-state index contributed by atoms with van der Waals surface area (Å²) in [6.45, 7) is 3.04. The Morgan fingerprint density at radius 1 is 1.43 bits per heavy atom. The second-order valence-corrected chi connectivity index (χ2v) is 4.67. The van der Waals surface area contributed by atoms with E-state index in [2.05, 4.69) is 10.6 Å². The first kappa shape index (κ1) is 15.2. The number of ether oxygens (including phenoxy) is 1. The molecule has 0 saturated carbocycles. The van der Waals surface area contributed by atoms with Crippen molar-refractivity contribution in [2.45, 2.75) is 19.6 Å². The van der Waals surface area contributed by atoms with Crippen molar-refractivity contribution >= 4 is 17.7 Å². The van der Waals surface area contributed by atoms with Crippen LogP contribution in [-0.2, 0) is 9.53 Å². The molecule has 7 heteroatoms. The fraction of sp³-hybridized carbons (Fsp3) is 0.429. The van der Waals surface area contributed by atoms with Crippen molar-refractivity contribution in [2.75, 3.05) is 25.0 Å². The molecule has 0 radical (unpaired) electrons. The number of amides is 2. The van der Waals surface area contributed by atoms with Gasteiger partial charge in [-0.2, -0.15) is 0 Å². The first-order chi connectivity index (χ1) is 10.1. The number of hydrogen-bond donors (Lipinski definition) is 2. The van der Waals surface area contributed by atoms with Crippen molar-refractivity contribution in [3.63, 3.8) is 0 Å². The molecular formula is C14H18FN3O3. The Bertz CT molecular complexity index is 507. The molecule has 1 heterocycles. The Hall–Kier alpha value is -2.15. The van der Waals surface area contributed by atoms with Crippen LogP contribution >= 0.6 is 0 Å². The summed E-state index contributed by atoms with van der Waals surface area (Å²) < 4.78 is 18.0. The number of hydrogen-bond acceptors (Lipinski definition) is 4. The van der Waals surface area contributed by atoms with E-state index in [4.69, 9.17) is 4.74 Å². The molecule has 1 atom stereocenters. The monoisotopic (exact) mass is 295 g/mol. The molecule has 0 spiro atoms. The summed E-state index contributed by atoms with van der Waals surface area (Å²) in [6.07, 6.45) is -0.204. The third-order valence-electron chi connectivity index (χ3n) is 3.09. The van der Waals surface area contributed by atoms with Crippen LogP contribution in [0, 0.1) is 5.82 Å². The van der Waals surface area contributed by atoms with Gasteiger partial charge in [-0.05, 0) is 24.3 Å². The zero-order chi connectivity index (χ0) is 15.2. The third kappa shape index (κ3) is 4.42. The van der Waals surface area contributed by atoms with E-state index in [1.165, 1.54) is 24.3 Å². The summed E-state index contributed by atoms with van der Waals surface area (Å²) in [5.74, 6) is -0.671. The summed E-state index contributed by atoms with van der Waals surface area (Å²) >= 11 is 0. The Morgan fingerprint density at radius 2 is 2.14 bits per heavy atom. The zero-order valence-electron chi connectivity index (χ0n) is 11.8. The van der Waals surface area contributed by atoms with E-state index in [0.29, 0.717) is 25.2 Å². The van der Waals surface area contributed by atoms with Gasteiger partial charge in [0.25, 0.3) is 0 Å². The predicted octanol–water partition coefficient (Wildman–Crippen LogP) is 1.54. The standard InChI is InChI=1S/C14H18FN3O3/c1-2-13(19)21-12-9-18(8-7-16-12)14(20)17-11-5-3-10(15)4-6-11/h3-6,12,16H,2,7-9H2,1H3,(H,17,20). The van der Waals surface area contributed by atoms with E-state index in [1.54, 1.807) is 11.8 Å². The van der Waals surface area contributed by atoms with Gasteiger partial charge in [0.15, 0.2) is 6.23 Å². The molecule has 1 aliphatic heterocycles. The normalized spacial score (nSPS) is 18.2. The highest BCUT2D eigenvalue weighted by molar-refractivity contribution is 5.89. The lowest BCUT2D eigenvalue weighted by Crippen LogP contribution is -2.55. The minimum atomic E-state index is -0.495. The van der Waals surface area contributed by atoms with Gasteiger partial charge in [0.1, 0.15) is 5.82 Å². The maximum atomic E-state index is 12.8. The van der Waals surface area contributed by atoms with Crippen LogP contribution in [-0.4, -0.2) is 42.8 Å². The van der Waals surface area contributed by atoms with Crippen molar-refractivity contribution in [2.24, 2.45) is 0 Å². The lowest BCUT2D eigenvalue weighted by Gasteiger charge is -2.33. The number of urea groups is 1. The largest absolute Gasteiger partial charge is 0.445 e. The topological polar surface area (TPSA) is 70.7 Å². The van der Waals surface area contributed by atoms with Gasteiger partial charge in [-0.3, -0.25) is 10.1 Å². The van der Waals surface area contributed by atoms with Crippen LogP contribution in [0.3, 0.4) is 0 Å². The third-order valence-corrected chi connectivity index (χ3v) is 3.09. The SMILES string of the molecule is CCC(=O)OC1CN(C(=O)Nc2ccc(F)cc2)CCN1. The Morgan fingerprint density at radius 3 is 2.81 bits per heavy atom. The molecular weight excluding hydrogens is 277 g/mol. The smallest absolute Gasteiger partial charge is 0.322 e. The molecule has 1 aliphatic rings. The van der Waals surface area contributed by atoms with Crippen LogP contribution in [0.15, 0.2) is 24.3 Å². The van der Waals surface area contributed by atoms with Crippen LogP contribution in [0.1, 0.15) is 13.3 Å². The molecule has 21 heavy (non-hydrogen) atoms. The van der Waals surface area contributed by atoms with Gasteiger partial charge >= 0.3 is 12.0 Å². The van der Waals surface area contributed by atoms with Gasteiger partial charge in [-0.1, -0.05) is 6.92 Å². The van der Waals surface area contributed by atoms with E-state index in [0.717, 1.165) is 0 Å². The summed E-state index contributed by atoms with van der Waals surface area (Å²) in [7, 11) is 0. The van der Waals surface area contributed by atoms with E-state index in [9.17, 15) is 14.0 Å². The maximum Gasteiger partial charge on any atom is 0.322 e. The molecule has 1 fully saturated rings. The quantitative estimate of drug-likeness (QED) is 0.830. The number of carbonyl (C=O) groups excluding carboxylic acids is 2. The van der Waals surface area contributed by atoms with E-state index in [1.807, 2.05) is 0 Å². The number of nitrogens with zero attached hydrogens (tertiary/aromatic N) is 1. The van der Waals surface area contributed by atoms with Gasteiger partial charge in [-0.15, -0.1) is 0 Å². The fourth-order valence-electron chi connectivity index (χ4n) is 1.96. The molecule has 1 aromatic carbocycles. The highest BCUT2D eigenvalue weighted by atomic mass is 19.1. The van der Waals surface area contributed by atoms with Gasteiger partial charge in [0.2, 0.25) is 0 Å². The molecule has 0 bridgehead atoms. The number of esters is 1. The van der Waals surface area contributed by atoms with Gasteiger partial charge < -0.3 is 15.0 Å². The van der Waals surface area contributed by atoms with E-state index >= 15 is 0 Å². The summed E-state index contributed by atoms with van der Waals surface area (Å²) in [5, 5.41) is 5.70. The number of nitrogens with one attached hydrogen (secondary N) is 2. The van der Waals surface area contributed by atoms with Crippen LogP contribution in [0.2, 0.25) is 0 Å². The highest BCUT2D eigenvalue weighted by Crippen LogP contribution is 2.10. The van der Waals surface area contributed by atoms with Crippen LogP contribution in [0.5, 0.6) is 0 Å². The average Bonchev–Trinajstić information content (AvgIpc) is 2.49. The Kier molecular flexibility index (Phi) is 5.10. The molecule has 2 amide bonds. The number of anilines is 1. The molecule has 0 aliphatic carbocycles. The summed E-state index contributed by atoms with van der Waals surface area (Å²) in [4.78, 5) is 24.9. The molecule has 1 saturated heterocycles. The van der Waals surface area contributed by atoms with Crippen molar-refractivity contribution < 1.29 is 18.7 Å².